The number of hydrogen-bond acceptors (Lipinski definition) is 3. The van der Waals surface area contributed by atoms with Crippen LogP contribution in [-0.4, -0.2) is 24.7 Å². The Labute approximate surface area is 105 Å². The SMILES string of the molecule is CCn1ncc(Cl)c1C(O)c1cc(C)n(C)n1. The van der Waals surface area contributed by atoms with Crippen molar-refractivity contribution in [3.05, 3.63) is 34.4 Å². The van der Waals surface area contributed by atoms with Gasteiger partial charge in [0.15, 0.2) is 0 Å². The van der Waals surface area contributed by atoms with Crippen molar-refractivity contribution in [2.75, 3.05) is 0 Å². The second-order valence-electron chi connectivity index (χ2n) is 3.93. The fourth-order valence-electron chi connectivity index (χ4n) is 1.76. The topological polar surface area (TPSA) is 55.9 Å². The number of hydrogen-bond donors (Lipinski definition) is 1. The molecule has 5 nitrogen and oxygen atoms in total. The van der Waals surface area contributed by atoms with Gasteiger partial charge in [0.2, 0.25) is 0 Å². The van der Waals surface area contributed by atoms with Crippen LogP contribution in [0.3, 0.4) is 0 Å². The number of aryl methyl sites for hydroxylation is 3. The normalized spacial score (nSPS) is 13.0. The molecule has 0 bridgehead atoms. The molecule has 0 aliphatic carbocycles. The van der Waals surface area contributed by atoms with Crippen LogP contribution in [0, 0.1) is 6.92 Å². The molecule has 0 saturated heterocycles. The molecule has 0 amide bonds. The van der Waals surface area contributed by atoms with Crippen LogP contribution in [0.15, 0.2) is 12.3 Å². The largest absolute Gasteiger partial charge is 0.380 e. The fraction of sp³-hybridized carbons (Fsp3) is 0.455. The van der Waals surface area contributed by atoms with Crippen LogP contribution >= 0.6 is 11.6 Å². The average Bonchev–Trinajstić information content (AvgIpc) is 2.82. The van der Waals surface area contributed by atoms with E-state index in [9.17, 15) is 5.11 Å². The van der Waals surface area contributed by atoms with Gasteiger partial charge in [-0.2, -0.15) is 10.2 Å². The van der Waals surface area contributed by atoms with Gasteiger partial charge in [-0.1, -0.05) is 11.6 Å². The smallest absolute Gasteiger partial charge is 0.141 e. The summed E-state index contributed by atoms with van der Waals surface area (Å²) in [5.41, 5.74) is 2.16. The van der Waals surface area contributed by atoms with Gasteiger partial charge in [0, 0.05) is 19.3 Å². The first-order valence-electron chi connectivity index (χ1n) is 5.44. The molecular formula is C11H15ClN4O. The van der Waals surface area contributed by atoms with E-state index in [1.165, 1.54) is 0 Å². The van der Waals surface area contributed by atoms with Crippen molar-refractivity contribution in [3.63, 3.8) is 0 Å². The fourth-order valence-corrected chi connectivity index (χ4v) is 2.00. The number of nitrogens with zero attached hydrogens (tertiary/aromatic N) is 4. The quantitative estimate of drug-likeness (QED) is 0.907. The molecule has 1 N–H and O–H groups in total. The standard InChI is InChI=1S/C11H15ClN4O/c1-4-16-10(8(12)6-13-16)11(17)9-5-7(2)15(3)14-9/h5-6,11,17H,4H2,1-3H3. The minimum absolute atomic E-state index is 0.461. The molecule has 2 aromatic heterocycles. The van der Waals surface area contributed by atoms with Crippen molar-refractivity contribution < 1.29 is 5.11 Å². The second kappa shape index (κ2) is 4.50. The third-order valence-electron chi connectivity index (χ3n) is 2.80. The Kier molecular flexibility index (Phi) is 3.22. The molecule has 0 saturated carbocycles. The summed E-state index contributed by atoms with van der Waals surface area (Å²) in [4.78, 5) is 0. The monoisotopic (exact) mass is 254 g/mol. The third kappa shape index (κ3) is 2.08. The van der Waals surface area contributed by atoms with Crippen molar-refractivity contribution in [3.8, 4) is 0 Å². The van der Waals surface area contributed by atoms with Crippen LogP contribution in [-0.2, 0) is 13.6 Å². The zero-order valence-electron chi connectivity index (χ0n) is 10.1. The van der Waals surface area contributed by atoms with Gasteiger partial charge in [-0.15, -0.1) is 0 Å². The van der Waals surface area contributed by atoms with E-state index in [-0.39, 0.29) is 0 Å². The molecule has 92 valence electrons. The maximum absolute atomic E-state index is 10.3. The molecule has 2 rings (SSSR count). The van der Waals surface area contributed by atoms with E-state index >= 15 is 0 Å². The van der Waals surface area contributed by atoms with Crippen LogP contribution in [0.5, 0.6) is 0 Å². The zero-order valence-corrected chi connectivity index (χ0v) is 10.8. The molecule has 1 atom stereocenters. The molecule has 2 heterocycles. The summed E-state index contributed by atoms with van der Waals surface area (Å²) in [7, 11) is 1.84. The van der Waals surface area contributed by atoms with Crippen LogP contribution in [0.25, 0.3) is 0 Å². The highest BCUT2D eigenvalue weighted by Gasteiger charge is 2.21. The Morgan fingerprint density at radius 3 is 2.76 bits per heavy atom. The first-order valence-corrected chi connectivity index (χ1v) is 5.82. The Bertz CT molecular complexity index is 512. The predicted octanol–water partition coefficient (Wildman–Crippen LogP) is 1.68. The van der Waals surface area contributed by atoms with E-state index in [2.05, 4.69) is 10.2 Å². The summed E-state index contributed by atoms with van der Waals surface area (Å²) in [5.74, 6) is 0. The van der Waals surface area contributed by atoms with Gasteiger partial charge in [0.05, 0.1) is 22.6 Å². The number of rotatable bonds is 3. The number of aliphatic hydroxyl groups excluding tert-OH is 1. The van der Waals surface area contributed by atoms with Gasteiger partial charge in [-0.05, 0) is 19.9 Å². The summed E-state index contributed by atoms with van der Waals surface area (Å²) < 4.78 is 3.40. The molecule has 0 spiro atoms. The van der Waals surface area contributed by atoms with E-state index in [0.29, 0.717) is 23.0 Å². The lowest BCUT2D eigenvalue weighted by atomic mass is 10.2. The van der Waals surface area contributed by atoms with Gasteiger partial charge < -0.3 is 5.11 Å². The molecule has 6 heteroatoms. The number of aliphatic hydroxyl groups is 1. The summed E-state index contributed by atoms with van der Waals surface area (Å²) in [6.07, 6.45) is 0.698. The molecule has 1 unspecified atom stereocenters. The van der Waals surface area contributed by atoms with Crippen LogP contribution in [0.4, 0.5) is 0 Å². The van der Waals surface area contributed by atoms with Gasteiger partial charge >= 0.3 is 0 Å². The molecule has 0 aliphatic rings. The van der Waals surface area contributed by atoms with E-state index in [0.717, 1.165) is 5.69 Å². The minimum atomic E-state index is -0.843. The highest BCUT2D eigenvalue weighted by atomic mass is 35.5. The molecule has 2 aromatic rings. The van der Waals surface area contributed by atoms with Crippen LogP contribution in [0.2, 0.25) is 5.02 Å². The minimum Gasteiger partial charge on any atom is -0.380 e. The Morgan fingerprint density at radius 1 is 1.53 bits per heavy atom. The van der Waals surface area contributed by atoms with Gasteiger partial charge in [0.1, 0.15) is 6.10 Å². The summed E-state index contributed by atoms with van der Waals surface area (Å²) >= 11 is 6.04. The summed E-state index contributed by atoms with van der Waals surface area (Å²) in [6, 6.07) is 1.84. The van der Waals surface area contributed by atoms with Crippen molar-refractivity contribution in [1.82, 2.24) is 19.6 Å². The van der Waals surface area contributed by atoms with Crippen molar-refractivity contribution in [2.45, 2.75) is 26.5 Å². The van der Waals surface area contributed by atoms with Gasteiger partial charge in [-0.3, -0.25) is 9.36 Å². The van der Waals surface area contributed by atoms with Crippen LogP contribution < -0.4 is 0 Å². The third-order valence-corrected chi connectivity index (χ3v) is 3.10. The number of halogens is 1. The van der Waals surface area contributed by atoms with Crippen molar-refractivity contribution >= 4 is 11.6 Å². The zero-order chi connectivity index (χ0) is 12.6. The maximum Gasteiger partial charge on any atom is 0.141 e. The van der Waals surface area contributed by atoms with Crippen LogP contribution in [0.1, 0.15) is 30.1 Å². The highest BCUT2D eigenvalue weighted by molar-refractivity contribution is 6.31. The molecule has 17 heavy (non-hydrogen) atoms. The Balaban J connectivity index is 2.42. The lowest BCUT2D eigenvalue weighted by Crippen LogP contribution is -2.10. The van der Waals surface area contributed by atoms with Crippen molar-refractivity contribution in [1.29, 1.82) is 0 Å². The van der Waals surface area contributed by atoms with Crippen molar-refractivity contribution in [2.24, 2.45) is 7.05 Å². The van der Waals surface area contributed by atoms with E-state index in [1.54, 1.807) is 15.6 Å². The average molecular weight is 255 g/mol. The summed E-state index contributed by atoms with van der Waals surface area (Å²) in [5, 5.41) is 19.1. The molecule has 0 radical (unpaired) electrons. The lowest BCUT2D eigenvalue weighted by molar-refractivity contribution is 0.202. The first-order chi connectivity index (χ1) is 8.04. The Hall–Kier alpha value is -1.33. The predicted molar refractivity (Wildman–Crippen MR) is 64.9 cm³/mol. The molecule has 0 aromatic carbocycles. The molecule has 0 fully saturated rings. The lowest BCUT2D eigenvalue weighted by Gasteiger charge is -2.10. The maximum atomic E-state index is 10.3. The number of aromatic nitrogens is 4. The van der Waals surface area contributed by atoms with Gasteiger partial charge in [0.25, 0.3) is 0 Å². The first kappa shape index (κ1) is 12.1. The highest BCUT2D eigenvalue weighted by Crippen LogP contribution is 2.27. The van der Waals surface area contributed by atoms with E-state index in [1.807, 2.05) is 27.0 Å². The summed E-state index contributed by atoms with van der Waals surface area (Å²) in [6.45, 7) is 4.54. The Morgan fingerprint density at radius 2 is 2.24 bits per heavy atom. The van der Waals surface area contributed by atoms with E-state index in [4.69, 9.17) is 11.6 Å². The molecule has 0 aliphatic heterocycles. The molecular weight excluding hydrogens is 240 g/mol. The van der Waals surface area contributed by atoms with Gasteiger partial charge in [-0.25, -0.2) is 0 Å². The second-order valence-corrected chi connectivity index (χ2v) is 4.34. The van der Waals surface area contributed by atoms with E-state index < -0.39 is 6.10 Å².